The van der Waals surface area contributed by atoms with Crippen molar-refractivity contribution >= 4 is 23.5 Å². The van der Waals surface area contributed by atoms with E-state index in [0.29, 0.717) is 34.1 Å². The second-order valence-corrected chi connectivity index (χ2v) is 11.1. The minimum absolute atomic E-state index is 0.0679. The van der Waals surface area contributed by atoms with Gasteiger partial charge in [0, 0.05) is 43.0 Å². The van der Waals surface area contributed by atoms with Crippen molar-refractivity contribution in [3.8, 4) is 11.5 Å². The summed E-state index contributed by atoms with van der Waals surface area (Å²) in [5.74, 6) is 1.82. The van der Waals surface area contributed by atoms with Gasteiger partial charge in [-0.1, -0.05) is 18.2 Å². The van der Waals surface area contributed by atoms with Crippen molar-refractivity contribution < 1.29 is 23.9 Å². The standard InChI is InChI=1S/C33H39N5O5/c1-20-26(8-5-9-28(20)43-4)32(40)36-24-17-22-7-6-16-38(27(22)18-24)29-15-12-23(19-35-29)31(39)37-30(33(41)34-2)21-10-13-25(42-3)14-11-21/h5,8-15,19,22,24,27,30H,6-7,16-18H2,1-4H3,(H,34,41)(H,36,40)(H,37,39)/t22?,24?,27?,30-/m0/s1. The summed E-state index contributed by atoms with van der Waals surface area (Å²) in [4.78, 5) is 45.9. The number of nitrogens with zero attached hydrogens (tertiary/aromatic N) is 2. The van der Waals surface area contributed by atoms with Gasteiger partial charge in [0.2, 0.25) is 5.91 Å². The summed E-state index contributed by atoms with van der Waals surface area (Å²) in [6, 6.07) is 15.6. The smallest absolute Gasteiger partial charge is 0.253 e. The molecule has 0 spiro atoms. The molecular weight excluding hydrogens is 546 g/mol. The Labute approximate surface area is 252 Å². The molecule has 226 valence electrons. The zero-order chi connectivity index (χ0) is 30.5. The summed E-state index contributed by atoms with van der Waals surface area (Å²) in [7, 11) is 4.71. The fourth-order valence-corrected chi connectivity index (χ4v) is 6.38. The molecule has 1 saturated heterocycles. The molecule has 0 radical (unpaired) electrons. The van der Waals surface area contributed by atoms with Gasteiger partial charge in [0.1, 0.15) is 23.4 Å². The zero-order valence-electron chi connectivity index (χ0n) is 25.1. The van der Waals surface area contributed by atoms with Crippen LogP contribution in [0.4, 0.5) is 5.82 Å². The fourth-order valence-electron chi connectivity index (χ4n) is 6.38. The highest BCUT2D eigenvalue weighted by atomic mass is 16.5. The molecule has 2 heterocycles. The van der Waals surface area contributed by atoms with Gasteiger partial charge in [-0.3, -0.25) is 14.4 Å². The molecule has 0 bridgehead atoms. The van der Waals surface area contributed by atoms with Gasteiger partial charge in [0.05, 0.1) is 19.8 Å². The number of hydrogen-bond acceptors (Lipinski definition) is 7. The van der Waals surface area contributed by atoms with E-state index in [1.165, 1.54) is 7.05 Å². The Kier molecular flexibility index (Phi) is 9.13. The number of fused-ring (bicyclic) bond motifs is 1. The van der Waals surface area contributed by atoms with Gasteiger partial charge in [-0.2, -0.15) is 0 Å². The first kappa shape index (κ1) is 29.9. The highest BCUT2D eigenvalue weighted by Crippen LogP contribution is 2.39. The molecule has 1 aliphatic carbocycles. The normalized spacial score (nSPS) is 20.0. The van der Waals surface area contributed by atoms with Crippen LogP contribution in [-0.2, 0) is 4.79 Å². The van der Waals surface area contributed by atoms with Crippen LogP contribution < -0.4 is 30.3 Å². The predicted octanol–water partition coefficient (Wildman–Crippen LogP) is 3.80. The average Bonchev–Trinajstić information content (AvgIpc) is 3.46. The van der Waals surface area contributed by atoms with Crippen molar-refractivity contribution in [2.24, 2.45) is 5.92 Å². The lowest BCUT2D eigenvalue weighted by molar-refractivity contribution is -0.122. The van der Waals surface area contributed by atoms with Crippen LogP contribution >= 0.6 is 0 Å². The molecule has 2 fully saturated rings. The third kappa shape index (κ3) is 6.43. The van der Waals surface area contributed by atoms with E-state index in [1.54, 1.807) is 50.7 Å². The van der Waals surface area contributed by atoms with Gasteiger partial charge >= 0.3 is 0 Å². The largest absolute Gasteiger partial charge is 0.497 e. The maximum Gasteiger partial charge on any atom is 0.253 e. The summed E-state index contributed by atoms with van der Waals surface area (Å²) in [5.41, 5.74) is 2.47. The highest BCUT2D eigenvalue weighted by molar-refractivity contribution is 5.98. The molecule has 1 aliphatic heterocycles. The van der Waals surface area contributed by atoms with E-state index in [9.17, 15) is 14.4 Å². The molecule has 10 heteroatoms. The molecule has 1 aromatic heterocycles. The van der Waals surface area contributed by atoms with Crippen molar-refractivity contribution in [2.75, 3.05) is 32.7 Å². The molecule has 2 aliphatic rings. The first-order valence-electron chi connectivity index (χ1n) is 14.7. The maximum absolute atomic E-state index is 13.2. The van der Waals surface area contributed by atoms with Crippen LogP contribution in [0, 0.1) is 12.8 Å². The number of anilines is 1. The van der Waals surface area contributed by atoms with Crippen LogP contribution in [0.15, 0.2) is 60.8 Å². The van der Waals surface area contributed by atoms with Gasteiger partial charge < -0.3 is 30.3 Å². The minimum Gasteiger partial charge on any atom is -0.497 e. The number of hydrogen-bond donors (Lipinski definition) is 3. The van der Waals surface area contributed by atoms with E-state index in [4.69, 9.17) is 9.47 Å². The SMILES string of the molecule is CNC(=O)[C@@H](NC(=O)c1ccc(N2CCCC3CC(NC(=O)c4cccc(OC)c4C)CC32)nc1)c1ccc(OC)cc1. The first-order chi connectivity index (χ1) is 20.8. The van der Waals surface area contributed by atoms with Crippen molar-refractivity contribution in [2.45, 2.75) is 50.7 Å². The predicted molar refractivity (Wildman–Crippen MR) is 164 cm³/mol. The van der Waals surface area contributed by atoms with Crippen molar-refractivity contribution in [1.82, 2.24) is 20.9 Å². The molecule has 3 amide bonds. The molecule has 43 heavy (non-hydrogen) atoms. The van der Waals surface area contributed by atoms with Gasteiger partial charge in [-0.05, 0) is 80.5 Å². The number of pyridine rings is 1. The fraction of sp³-hybridized carbons (Fsp3) is 0.394. The number of benzene rings is 2. The molecule has 5 rings (SSSR count). The lowest BCUT2D eigenvalue weighted by Gasteiger charge is -2.38. The minimum atomic E-state index is -0.864. The number of ether oxygens (including phenoxy) is 2. The molecule has 3 unspecified atom stereocenters. The number of carbonyl (C=O) groups is 3. The molecule has 1 saturated carbocycles. The number of amides is 3. The zero-order valence-corrected chi connectivity index (χ0v) is 25.1. The van der Waals surface area contributed by atoms with Gasteiger partial charge in [0.25, 0.3) is 11.8 Å². The summed E-state index contributed by atoms with van der Waals surface area (Å²) >= 11 is 0. The highest BCUT2D eigenvalue weighted by Gasteiger charge is 2.41. The third-order valence-electron chi connectivity index (χ3n) is 8.65. The van der Waals surface area contributed by atoms with E-state index < -0.39 is 11.9 Å². The number of rotatable bonds is 9. The number of piperidine rings is 1. The van der Waals surface area contributed by atoms with E-state index in [0.717, 1.165) is 43.6 Å². The van der Waals surface area contributed by atoms with E-state index >= 15 is 0 Å². The summed E-state index contributed by atoms with van der Waals surface area (Å²) in [6.45, 7) is 2.77. The van der Waals surface area contributed by atoms with E-state index in [2.05, 4.69) is 25.8 Å². The Morgan fingerprint density at radius 3 is 2.44 bits per heavy atom. The van der Waals surface area contributed by atoms with Crippen LogP contribution in [0.2, 0.25) is 0 Å². The Morgan fingerprint density at radius 2 is 1.77 bits per heavy atom. The van der Waals surface area contributed by atoms with Crippen molar-refractivity contribution in [3.05, 3.63) is 83.0 Å². The van der Waals surface area contributed by atoms with Gasteiger partial charge in [-0.15, -0.1) is 0 Å². The topological polar surface area (TPSA) is 122 Å². The number of methoxy groups -OCH3 is 2. The Bertz CT molecular complexity index is 1460. The van der Waals surface area contributed by atoms with Crippen LogP contribution in [0.25, 0.3) is 0 Å². The van der Waals surface area contributed by atoms with Crippen LogP contribution in [0.3, 0.4) is 0 Å². The third-order valence-corrected chi connectivity index (χ3v) is 8.65. The Balaban J connectivity index is 1.25. The monoisotopic (exact) mass is 585 g/mol. The van der Waals surface area contributed by atoms with Crippen LogP contribution in [0.1, 0.15) is 63.6 Å². The molecule has 10 nitrogen and oxygen atoms in total. The quantitative estimate of drug-likeness (QED) is 0.349. The molecule has 4 atom stereocenters. The average molecular weight is 586 g/mol. The second kappa shape index (κ2) is 13.1. The maximum atomic E-state index is 13.2. The molecule has 2 aromatic carbocycles. The number of likely N-dealkylation sites (N-methyl/N-ethyl adjacent to an activating group) is 1. The number of aromatic nitrogens is 1. The van der Waals surface area contributed by atoms with Crippen molar-refractivity contribution in [3.63, 3.8) is 0 Å². The van der Waals surface area contributed by atoms with Crippen molar-refractivity contribution in [1.29, 1.82) is 0 Å². The van der Waals surface area contributed by atoms with Gasteiger partial charge in [-0.25, -0.2) is 4.98 Å². The lowest BCUT2D eigenvalue weighted by Crippen LogP contribution is -2.43. The number of nitrogens with one attached hydrogen (secondary N) is 3. The summed E-state index contributed by atoms with van der Waals surface area (Å²) in [6.07, 6.45) is 5.46. The lowest BCUT2D eigenvalue weighted by atomic mass is 9.92. The molecular formula is C33H39N5O5. The summed E-state index contributed by atoms with van der Waals surface area (Å²) < 4.78 is 10.6. The molecule has 3 aromatic rings. The Morgan fingerprint density at radius 1 is 0.977 bits per heavy atom. The van der Waals surface area contributed by atoms with Crippen LogP contribution in [-0.4, -0.2) is 62.6 Å². The van der Waals surface area contributed by atoms with E-state index in [1.807, 2.05) is 31.2 Å². The van der Waals surface area contributed by atoms with Crippen LogP contribution in [0.5, 0.6) is 11.5 Å². The first-order valence-corrected chi connectivity index (χ1v) is 14.7. The number of carbonyl (C=O) groups excluding carboxylic acids is 3. The second-order valence-electron chi connectivity index (χ2n) is 11.1. The Hall–Kier alpha value is -4.60. The summed E-state index contributed by atoms with van der Waals surface area (Å²) in [5, 5.41) is 8.70. The van der Waals surface area contributed by atoms with E-state index in [-0.39, 0.29) is 23.9 Å². The van der Waals surface area contributed by atoms with Gasteiger partial charge in [0.15, 0.2) is 0 Å². The molecule has 3 N–H and O–H groups in total.